The van der Waals surface area contributed by atoms with E-state index in [1.54, 1.807) is 6.92 Å². The zero-order valence-electron chi connectivity index (χ0n) is 16.1. The number of nitrogens with zero attached hydrogens (tertiary/aromatic N) is 1. The van der Waals surface area contributed by atoms with E-state index in [4.69, 9.17) is 4.74 Å². The van der Waals surface area contributed by atoms with Crippen molar-refractivity contribution in [2.45, 2.75) is 45.8 Å². The number of rotatable bonds is 9. The number of carbonyl (C=O) groups excluding carboxylic acids is 2. The topological polar surface area (TPSA) is 46.6 Å². The molecular formula is C23H27NO3. The molecule has 1 atom stereocenters. The smallest absolute Gasteiger partial charge is 0.319 e. The first-order chi connectivity index (χ1) is 13.1. The standard InChI is InChI=1S/C23H27NO3/c1-3-27-22(26)23(14-15-23)21(25)18(2)24(16-19-10-6-4-7-11-19)17-20-12-8-5-9-13-20/h4-13,18H,3,14-17H2,1-2H3. The second kappa shape index (κ2) is 8.49. The molecule has 0 spiro atoms. The second-order valence-electron chi connectivity index (χ2n) is 7.22. The van der Waals surface area contributed by atoms with Gasteiger partial charge in [-0.25, -0.2) is 0 Å². The molecule has 1 unspecified atom stereocenters. The van der Waals surface area contributed by atoms with E-state index in [9.17, 15) is 9.59 Å². The van der Waals surface area contributed by atoms with Crippen LogP contribution in [-0.4, -0.2) is 29.3 Å². The van der Waals surface area contributed by atoms with Crippen molar-refractivity contribution < 1.29 is 14.3 Å². The third-order valence-electron chi connectivity index (χ3n) is 5.27. The molecule has 1 fully saturated rings. The molecule has 0 heterocycles. The van der Waals surface area contributed by atoms with Gasteiger partial charge in [0.25, 0.3) is 0 Å². The number of benzene rings is 2. The molecule has 0 bridgehead atoms. The number of hydrogen-bond acceptors (Lipinski definition) is 4. The normalized spacial score (nSPS) is 16.0. The van der Waals surface area contributed by atoms with Gasteiger partial charge >= 0.3 is 5.97 Å². The van der Waals surface area contributed by atoms with E-state index >= 15 is 0 Å². The molecule has 4 nitrogen and oxygen atoms in total. The summed E-state index contributed by atoms with van der Waals surface area (Å²) in [7, 11) is 0. The number of carbonyl (C=O) groups is 2. The molecule has 1 saturated carbocycles. The van der Waals surface area contributed by atoms with Crippen molar-refractivity contribution in [1.82, 2.24) is 4.90 Å². The van der Waals surface area contributed by atoms with Crippen molar-refractivity contribution in [3.63, 3.8) is 0 Å². The lowest BCUT2D eigenvalue weighted by Gasteiger charge is -2.30. The summed E-state index contributed by atoms with van der Waals surface area (Å²) in [5.74, 6) is -0.381. The fourth-order valence-electron chi connectivity index (χ4n) is 3.48. The Morgan fingerprint density at radius 3 is 1.85 bits per heavy atom. The quantitative estimate of drug-likeness (QED) is 0.498. The summed E-state index contributed by atoms with van der Waals surface area (Å²) >= 11 is 0. The van der Waals surface area contributed by atoms with E-state index in [1.807, 2.05) is 43.3 Å². The van der Waals surface area contributed by atoms with Crippen molar-refractivity contribution in [3.05, 3.63) is 71.8 Å². The maximum absolute atomic E-state index is 13.2. The van der Waals surface area contributed by atoms with Crippen LogP contribution in [0.5, 0.6) is 0 Å². The van der Waals surface area contributed by atoms with Crippen LogP contribution in [-0.2, 0) is 27.4 Å². The maximum atomic E-state index is 13.2. The molecule has 0 amide bonds. The van der Waals surface area contributed by atoms with Crippen molar-refractivity contribution in [2.24, 2.45) is 5.41 Å². The Kier molecular flexibility index (Phi) is 6.07. The first-order valence-corrected chi connectivity index (χ1v) is 9.60. The van der Waals surface area contributed by atoms with Crippen LogP contribution in [0.1, 0.15) is 37.8 Å². The maximum Gasteiger partial charge on any atom is 0.319 e. The Balaban J connectivity index is 1.80. The minimum Gasteiger partial charge on any atom is -0.465 e. The Morgan fingerprint density at radius 1 is 0.963 bits per heavy atom. The van der Waals surface area contributed by atoms with Crippen LogP contribution >= 0.6 is 0 Å². The molecule has 1 aliphatic rings. The van der Waals surface area contributed by atoms with Crippen LogP contribution in [0.2, 0.25) is 0 Å². The predicted octanol–water partition coefficient (Wildman–Crippen LogP) is 3.99. The summed E-state index contributed by atoms with van der Waals surface area (Å²) in [6.45, 7) is 5.30. The van der Waals surface area contributed by atoms with Crippen LogP contribution in [0, 0.1) is 5.41 Å². The van der Waals surface area contributed by atoms with Crippen molar-refractivity contribution in [2.75, 3.05) is 6.61 Å². The summed E-state index contributed by atoms with van der Waals surface area (Å²) in [6.07, 6.45) is 1.19. The summed E-state index contributed by atoms with van der Waals surface area (Å²) in [5.41, 5.74) is 1.37. The average Bonchev–Trinajstić information content (AvgIpc) is 3.50. The molecule has 0 radical (unpaired) electrons. The Bertz CT molecular complexity index is 727. The van der Waals surface area contributed by atoms with Crippen LogP contribution in [0.25, 0.3) is 0 Å². The van der Waals surface area contributed by atoms with Crippen LogP contribution in [0.15, 0.2) is 60.7 Å². The molecule has 2 aromatic carbocycles. The number of ketones is 1. The summed E-state index contributed by atoms with van der Waals surface area (Å²) in [6, 6.07) is 19.9. The fourth-order valence-corrected chi connectivity index (χ4v) is 3.48. The number of Topliss-reactive ketones (excluding diaryl/α,β-unsaturated/α-hetero) is 1. The van der Waals surface area contributed by atoms with Crippen LogP contribution in [0.4, 0.5) is 0 Å². The van der Waals surface area contributed by atoms with Gasteiger partial charge in [-0.15, -0.1) is 0 Å². The number of hydrogen-bond donors (Lipinski definition) is 0. The lowest BCUT2D eigenvalue weighted by atomic mass is 9.94. The lowest BCUT2D eigenvalue weighted by Crippen LogP contribution is -2.44. The third-order valence-corrected chi connectivity index (χ3v) is 5.27. The van der Waals surface area contributed by atoms with Gasteiger partial charge in [-0.1, -0.05) is 60.7 Å². The second-order valence-corrected chi connectivity index (χ2v) is 7.22. The van der Waals surface area contributed by atoms with Gasteiger partial charge in [0.1, 0.15) is 5.41 Å². The molecule has 3 rings (SSSR count). The molecule has 0 aliphatic heterocycles. The first kappa shape index (κ1) is 19.3. The van der Waals surface area contributed by atoms with Crippen molar-refractivity contribution in [1.29, 1.82) is 0 Å². The highest BCUT2D eigenvalue weighted by atomic mass is 16.5. The van der Waals surface area contributed by atoms with Gasteiger partial charge in [0.15, 0.2) is 5.78 Å². The van der Waals surface area contributed by atoms with E-state index in [-0.39, 0.29) is 17.8 Å². The van der Waals surface area contributed by atoms with Gasteiger partial charge in [0.05, 0.1) is 12.6 Å². The molecule has 1 aliphatic carbocycles. The monoisotopic (exact) mass is 365 g/mol. The van der Waals surface area contributed by atoms with Gasteiger partial charge in [-0.2, -0.15) is 0 Å². The van der Waals surface area contributed by atoms with Gasteiger partial charge in [0, 0.05) is 13.1 Å². The lowest BCUT2D eigenvalue weighted by molar-refractivity contribution is -0.155. The first-order valence-electron chi connectivity index (χ1n) is 9.60. The summed E-state index contributed by atoms with van der Waals surface area (Å²) in [5, 5.41) is 0. The molecule has 2 aromatic rings. The molecule has 4 heteroatoms. The molecule has 0 aromatic heterocycles. The Labute approximate surface area is 161 Å². The van der Waals surface area contributed by atoms with Gasteiger partial charge in [-0.05, 0) is 37.8 Å². The zero-order valence-corrected chi connectivity index (χ0v) is 16.1. The third kappa shape index (κ3) is 4.45. The Morgan fingerprint density at radius 2 is 1.44 bits per heavy atom. The number of ether oxygens (including phenoxy) is 1. The predicted molar refractivity (Wildman–Crippen MR) is 105 cm³/mol. The molecule has 0 saturated heterocycles. The van der Waals surface area contributed by atoms with Crippen molar-refractivity contribution in [3.8, 4) is 0 Å². The van der Waals surface area contributed by atoms with E-state index in [0.29, 0.717) is 32.5 Å². The van der Waals surface area contributed by atoms with Gasteiger partial charge in [-0.3, -0.25) is 14.5 Å². The van der Waals surface area contributed by atoms with E-state index in [1.165, 1.54) is 0 Å². The van der Waals surface area contributed by atoms with Crippen LogP contribution < -0.4 is 0 Å². The van der Waals surface area contributed by atoms with Crippen LogP contribution in [0.3, 0.4) is 0 Å². The highest BCUT2D eigenvalue weighted by Crippen LogP contribution is 2.49. The van der Waals surface area contributed by atoms with Gasteiger partial charge < -0.3 is 4.74 Å². The zero-order chi connectivity index (χ0) is 19.3. The minimum absolute atomic E-state index is 0.0205. The highest BCUT2D eigenvalue weighted by Gasteiger charge is 2.59. The summed E-state index contributed by atoms with van der Waals surface area (Å²) < 4.78 is 5.18. The number of esters is 1. The fraction of sp³-hybridized carbons (Fsp3) is 0.391. The average molecular weight is 365 g/mol. The van der Waals surface area contributed by atoms with Crippen molar-refractivity contribution >= 4 is 11.8 Å². The molecule has 142 valence electrons. The van der Waals surface area contributed by atoms with E-state index < -0.39 is 5.41 Å². The summed E-state index contributed by atoms with van der Waals surface area (Å²) in [4.78, 5) is 27.7. The minimum atomic E-state index is -0.930. The van der Waals surface area contributed by atoms with E-state index in [2.05, 4.69) is 29.2 Å². The largest absolute Gasteiger partial charge is 0.465 e. The molecular weight excluding hydrogens is 338 g/mol. The molecule has 27 heavy (non-hydrogen) atoms. The van der Waals surface area contributed by atoms with E-state index in [0.717, 1.165) is 11.1 Å². The SMILES string of the molecule is CCOC(=O)C1(C(=O)C(C)N(Cc2ccccc2)Cc2ccccc2)CC1. The highest BCUT2D eigenvalue weighted by molar-refractivity contribution is 6.08. The van der Waals surface area contributed by atoms with Gasteiger partial charge in [0.2, 0.25) is 0 Å². The molecule has 0 N–H and O–H groups in total. The Hall–Kier alpha value is -2.46.